The van der Waals surface area contributed by atoms with Gasteiger partial charge in [0.25, 0.3) is 0 Å². The average molecular weight is 389 g/mol. The van der Waals surface area contributed by atoms with E-state index in [0.29, 0.717) is 5.75 Å². The number of thioether (sulfide) groups is 1. The molecule has 2 N–H and O–H groups in total. The molecule has 0 unspecified atom stereocenters. The van der Waals surface area contributed by atoms with Crippen molar-refractivity contribution in [1.82, 2.24) is 4.98 Å². The fourth-order valence-electron chi connectivity index (χ4n) is 3.25. The molecule has 0 aliphatic rings. The van der Waals surface area contributed by atoms with Crippen molar-refractivity contribution in [3.63, 3.8) is 0 Å². The summed E-state index contributed by atoms with van der Waals surface area (Å²) in [5.74, 6) is 0.552. The van der Waals surface area contributed by atoms with E-state index in [2.05, 4.69) is 4.98 Å². The molecule has 0 bridgehead atoms. The van der Waals surface area contributed by atoms with Gasteiger partial charge in [0.2, 0.25) is 0 Å². The van der Waals surface area contributed by atoms with E-state index >= 15 is 0 Å². The van der Waals surface area contributed by atoms with E-state index in [1.807, 2.05) is 79.1 Å². The zero-order valence-corrected chi connectivity index (χ0v) is 16.1. The monoisotopic (exact) mass is 389 g/mol. The minimum absolute atomic E-state index is 0.0611. The molecule has 4 nitrogen and oxygen atoms in total. The molecule has 5 heteroatoms. The lowest BCUT2D eigenvalue weighted by Crippen LogP contribution is -2.01. The molecule has 1 heterocycles. The second-order valence-electron chi connectivity index (χ2n) is 6.40. The largest absolute Gasteiger partial charge is 0.481 e. The van der Waals surface area contributed by atoms with Gasteiger partial charge in [0.05, 0.1) is 12.1 Å². The molecule has 0 amide bonds. The molecule has 1 aromatic heterocycles. The third-order valence-corrected chi connectivity index (χ3v) is 5.31. The lowest BCUT2D eigenvalue weighted by Gasteiger charge is -2.06. The molecule has 0 saturated carbocycles. The van der Waals surface area contributed by atoms with Gasteiger partial charge in [-0.15, -0.1) is 11.8 Å². The molecule has 0 aliphatic heterocycles. The second kappa shape index (κ2) is 7.82. The van der Waals surface area contributed by atoms with Gasteiger partial charge in [-0.2, -0.15) is 0 Å². The van der Waals surface area contributed by atoms with E-state index < -0.39 is 5.97 Å². The number of hydrogen-bond acceptors (Lipinski definition) is 3. The normalized spacial score (nSPS) is 10.9. The first kappa shape index (κ1) is 18.2. The summed E-state index contributed by atoms with van der Waals surface area (Å²) in [6, 6.07) is 23.4. The number of H-pyrrole nitrogens is 1. The first-order valence-electron chi connectivity index (χ1n) is 8.88. The van der Waals surface area contributed by atoms with Crippen LogP contribution in [-0.4, -0.2) is 22.3 Å². The Morgan fingerprint density at radius 2 is 1.75 bits per heavy atom. The highest BCUT2D eigenvalue weighted by molar-refractivity contribution is 7.98. The number of hydrogen-bond donors (Lipinski definition) is 2. The summed E-state index contributed by atoms with van der Waals surface area (Å²) in [5, 5.41) is 10.3. The van der Waals surface area contributed by atoms with Gasteiger partial charge in [0, 0.05) is 15.8 Å². The number of carbonyl (C=O) groups is 1. The first-order chi connectivity index (χ1) is 13.6. The lowest BCUT2D eigenvalue weighted by atomic mass is 10.0. The van der Waals surface area contributed by atoms with Crippen molar-refractivity contribution in [2.45, 2.75) is 11.3 Å². The van der Waals surface area contributed by atoms with Gasteiger partial charge in [-0.3, -0.25) is 4.79 Å². The molecule has 4 rings (SSSR count). The zero-order valence-electron chi connectivity index (χ0n) is 15.3. The molecule has 0 radical (unpaired) electrons. The Morgan fingerprint density at radius 3 is 2.43 bits per heavy atom. The molecule has 0 saturated heterocycles. The van der Waals surface area contributed by atoms with E-state index in [-0.39, 0.29) is 6.42 Å². The van der Waals surface area contributed by atoms with Gasteiger partial charge in [-0.05, 0) is 59.8 Å². The molecular formula is C23H19NO3S. The topological polar surface area (TPSA) is 62.3 Å². The van der Waals surface area contributed by atoms with E-state index in [0.717, 1.165) is 38.4 Å². The number of para-hydroxylation sites is 1. The molecule has 4 aromatic rings. The number of fused-ring (bicyclic) bond motifs is 1. The SMILES string of the molecule is CSc1ccc(-c2[nH]c3ccc(Oc4ccccc4)cc3c2CC(=O)O)cc1. The zero-order chi connectivity index (χ0) is 19.5. The van der Waals surface area contributed by atoms with Crippen LogP contribution in [0.2, 0.25) is 0 Å². The Kier molecular flexibility index (Phi) is 5.08. The predicted octanol–water partition coefficient (Wildman–Crippen LogP) is 5.98. The van der Waals surface area contributed by atoms with Crippen molar-refractivity contribution in [3.8, 4) is 22.8 Å². The number of rotatable bonds is 6. The van der Waals surface area contributed by atoms with Crippen LogP contribution in [-0.2, 0) is 11.2 Å². The van der Waals surface area contributed by atoms with Crippen LogP contribution in [0.4, 0.5) is 0 Å². The van der Waals surface area contributed by atoms with Crippen LogP contribution in [0.3, 0.4) is 0 Å². The maximum absolute atomic E-state index is 11.5. The van der Waals surface area contributed by atoms with E-state index in [4.69, 9.17) is 4.74 Å². The molecule has 0 atom stereocenters. The molecule has 140 valence electrons. The fourth-order valence-corrected chi connectivity index (χ4v) is 3.66. The second-order valence-corrected chi connectivity index (χ2v) is 7.28. The third-order valence-electron chi connectivity index (χ3n) is 4.56. The molecule has 28 heavy (non-hydrogen) atoms. The molecule has 0 aliphatic carbocycles. The average Bonchev–Trinajstić information content (AvgIpc) is 3.06. The highest BCUT2D eigenvalue weighted by Gasteiger charge is 2.17. The minimum Gasteiger partial charge on any atom is -0.481 e. The van der Waals surface area contributed by atoms with Crippen molar-refractivity contribution >= 4 is 28.6 Å². The van der Waals surface area contributed by atoms with Crippen molar-refractivity contribution < 1.29 is 14.6 Å². The van der Waals surface area contributed by atoms with Gasteiger partial charge in [0.1, 0.15) is 11.5 Å². The molecule has 0 fully saturated rings. The van der Waals surface area contributed by atoms with Gasteiger partial charge in [0.15, 0.2) is 0 Å². The summed E-state index contributed by atoms with van der Waals surface area (Å²) in [5.41, 5.74) is 3.45. The van der Waals surface area contributed by atoms with E-state index in [1.54, 1.807) is 11.8 Å². The number of carboxylic acids is 1. The van der Waals surface area contributed by atoms with Crippen LogP contribution in [0.5, 0.6) is 11.5 Å². The third kappa shape index (κ3) is 3.75. The smallest absolute Gasteiger partial charge is 0.307 e. The summed E-state index contributed by atoms with van der Waals surface area (Å²) < 4.78 is 5.93. The molecule has 3 aromatic carbocycles. The number of aliphatic carboxylic acids is 1. The molecular weight excluding hydrogens is 370 g/mol. The van der Waals surface area contributed by atoms with Gasteiger partial charge < -0.3 is 14.8 Å². The van der Waals surface area contributed by atoms with Crippen LogP contribution >= 0.6 is 11.8 Å². The van der Waals surface area contributed by atoms with Crippen LogP contribution in [0.15, 0.2) is 77.7 Å². The van der Waals surface area contributed by atoms with E-state index in [9.17, 15) is 9.90 Å². The number of nitrogens with one attached hydrogen (secondary N) is 1. The maximum atomic E-state index is 11.5. The number of carboxylic acid groups (broad SMARTS) is 1. The van der Waals surface area contributed by atoms with Crippen LogP contribution in [0, 0.1) is 0 Å². The Hall–Kier alpha value is -3.18. The Balaban J connectivity index is 1.79. The van der Waals surface area contributed by atoms with Crippen LogP contribution in [0.25, 0.3) is 22.2 Å². The Morgan fingerprint density at radius 1 is 1.00 bits per heavy atom. The number of aromatic nitrogens is 1. The summed E-state index contributed by atoms with van der Waals surface area (Å²) in [6.45, 7) is 0. The van der Waals surface area contributed by atoms with Crippen molar-refractivity contribution in [2.24, 2.45) is 0 Å². The maximum Gasteiger partial charge on any atom is 0.307 e. The highest BCUT2D eigenvalue weighted by Crippen LogP contribution is 2.34. The number of aromatic amines is 1. The number of ether oxygens (including phenoxy) is 1. The molecule has 0 spiro atoms. The Labute approximate surface area is 167 Å². The van der Waals surface area contributed by atoms with Crippen molar-refractivity contribution in [2.75, 3.05) is 6.26 Å². The minimum atomic E-state index is -0.864. The van der Waals surface area contributed by atoms with Crippen molar-refractivity contribution in [1.29, 1.82) is 0 Å². The number of benzene rings is 3. The Bertz CT molecular complexity index is 1120. The first-order valence-corrected chi connectivity index (χ1v) is 10.1. The quantitative estimate of drug-likeness (QED) is 0.398. The highest BCUT2D eigenvalue weighted by atomic mass is 32.2. The summed E-state index contributed by atoms with van der Waals surface area (Å²) in [4.78, 5) is 16.1. The lowest BCUT2D eigenvalue weighted by molar-refractivity contribution is -0.136. The van der Waals surface area contributed by atoms with E-state index in [1.165, 1.54) is 0 Å². The van der Waals surface area contributed by atoms with Gasteiger partial charge >= 0.3 is 5.97 Å². The standard InChI is InChI=1S/C23H19NO3S/c1-28-18-10-7-15(8-11-18)23-20(14-22(25)26)19-13-17(9-12-21(19)24-23)27-16-5-3-2-4-6-16/h2-13,24H,14H2,1H3,(H,25,26). The van der Waals surface area contributed by atoms with Gasteiger partial charge in [-0.1, -0.05) is 30.3 Å². The summed E-state index contributed by atoms with van der Waals surface area (Å²) in [6.07, 6.45) is 1.97. The van der Waals surface area contributed by atoms with Gasteiger partial charge in [-0.25, -0.2) is 0 Å². The fraction of sp³-hybridized carbons (Fsp3) is 0.0870. The summed E-state index contributed by atoms with van der Waals surface area (Å²) in [7, 11) is 0. The summed E-state index contributed by atoms with van der Waals surface area (Å²) >= 11 is 1.67. The predicted molar refractivity (Wildman–Crippen MR) is 113 cm³/mol. The van der Waals surface area contributed by atoms with Crippen molar-refractivity contribution in [3.05, 3.63) is 78.4 Å². The van der Waals surface area contributed by atoms with Crippen LogP contribution < -0.4 is 4.74 Å². The van der Waals surface area contributed by atoms with Crippen LogP contribution in [0.1, 0.15) is 5.56 Å².